The summed E-state index contributed by atoms with van der Waals surface area (Å²) >= 11 is 0. The molecule has 0 aliphatic carbocycles. The zero-order valence-corrected chi connectivity index (χ0v) is 12.2. The number of ether oxygens (including phenoxy) is 1. The van der Waals surface area contributed by atoms with E-state index in [2.05, 4.69) is 6.07 Å². The monoisotopic (exact) mass is 291 g/mol. The van der Waals surface area contributed by atoms with Crippen LogP contribution in [0.2, 0.25) is 0 Å². The second-order valence-electron chi connectivity index (χ2n) is 5.13. The Hall–Kier alpha value is -1.88. The zero-order chi connectivity index (χ0) is 15.2. The molecule has 0 saturated carbocycles. The van der Waals surface area contributed by atoms with Gasteiger partial charge in [0.15, 0.2) is 0 Å². The number of benzene rings is 1. The van der Waals surface area contributed by atoms with Gasteiger partial charge in [0.25, 0.3) is 0 Å². The molecule has 1 unspecified atom stereocenters. The van der Waals surface area contributed by atoms with Gasteiger partial charge < -0.3 is 14.7 Å². The van der Waals surface area contributed by atoms with E-state index in [4.69, 9.17) is 9.84 Å². The van der Waals surface area contributed by atoms with Gasteiger partial charge in [-0.1, -0.05) is 24.3 Å². The van der Waals surface area contributed by atoms with E-state index >= 15 is 0 Å². The molecule has 0 saturated heterocycles. The molecule has 1 N–H and O–H groups in total. The Morgan fingerprint density at radius 2 is 2.14 bits per heavy atom. The molecule has 0 fully saturated rings. The van der Waals surface area contributed by atoms with Crippen LogP contribution in [-0.2, 0) is 20.7 Å². The Morgan fingerprint density at radius 3 is 2.86 bits per heavy atom. The molecule has 114 valence electrons. The standard InChI is InChI=1S/C16H21NO4/c1-2-17(9-7-16(19)20)15(18)11-14-13-6-4-3-5-12(13)8-10-21-14/h3-6,14H,2,7-11H2,1H3,(H,19,20). The van der Waals surface area contributed by atoms with Gasteiger partial charge in [0.2, 0.25) is 5.91 Å². The van der Waals surface area contributed by atoms with Crippen LogP contribution in [0.15, 0.2) is 24.3 Å². The van der Waals surface area contributed by atoms with Gasteiger partial charge in [0.1, 0.15) is 0 Å². The fourth-order valence-corrected chi connectivity index (χ4v) is 2.62. The van der Waals surface area contributed by atoms with Crippen molar-refractivity contribution in [3.05, 3.63) is 35.4 Å². The highest BCUT2D eigenvalue weighted by molar-refractivity contribution is 5.77. The van der Waals surface area contributed by atoms with E-state index in [1.165, 1.54) is 5.56 Å². The van der Waals surface area contributed by atoms with E-state index in [0.29, 0.717) is 13.2 Å². The largest absolute Gasteiger partial charge is 0.481 e. The van der Waals surface area contributed by atoms with Crippen molar-refractivity contribution in [2.24, 2.45) is 0 Å². The molecule has 0 spiro atoms. The van der Waals surface area contributed by atoms with Gasteiger partial charge in [-0.3, -0.25) is 9.59 Å². The van der Waals surface area contributed by atoms with E-state index in [-0.39, 0.29) is 31.4 Å². The second-order valence-corrected chi connectivity index (χ2v) is 5.13. The van der Waals surface area contributed by atoms with E-state index in [0.717, 1.165) is 12.0 Å². The topological polar surface area (TPSA) is 66.8 Å². The highest BCUT2D eigenvalue weighted by atomic mass is 16.5. The summed E-state index contributed by atoms with van der Waals surface area (Å²) in [5, 5.41) is 8.73. The Bertz CT molecular complexity index is 515. The number of amides is 1. The average molecular weight is 291 g/mol. The lowest BCUT2D eigenvalue weighted by Gasteiger charge is -2.28. The van der Waals surface area contributed by atoms with Crippen LogP contribution in [0.1, 0.15) is 37.0 Å². The van der Waals surface area contributed by atoms with E-state index in [1.54, 1.807) is 4.90 Å². The van der Waals surface area contributed by atoms with Gasteiger partial charge >= 0.3 is 5.97 Å². The summed E-state index contributed by atoms with van der Waals surface area (Å²) in [5.74, 6) is -0.944. The average Bonchev–Trinajstić information content (AvgIpc) is 2.48. The van der Waals surface area contributed by atoms with Gasteiger partial charge in [0, 0.05) is 13.1 Å². The lowest BCUT2D eigenvalue weighted by atomic mass is 9.95. The second kappa shape index (κ2) is 7.22. The van der Waals surface area contributed by atoms with Crippen molar-refractivity contribution >= 4 is 11.9 Å². The number of carboxylic acids is 1. The van der Waals surface area contributed by atoms with Crippen LogP contribution in [0.5, 0.6) is 0 Å². The van der Waals surface area contributed by atoms with Gasteiger partial charge in [-0.25, -0.2) is 0 Å². The fourth-order valence-electron chi connectivity index (χ4n) is 2.62. The number of carboxylic acid groups (broad SMARTS) is 1. The van der Waals surface area contributed by atoms with Crippen LogP contribution in [0.25, 0.3) is 0 Å². The quantitative estimate of drug-likeness (QED) is 0.870. The molecule has 5 nitrogen and oxygen atoms in total. The maximum Gasteiger partial charge on any atom is 0.305 e. The zero-order valence-electron chi connectivity index (χ0n) is 12.2. The molecule has 1 aromatic rings. The Morgan fingerprint density at radius 1 is 1.38 bits per heavy atom. The molecule has 1 aliphatic rings. The van der Waals surface area contributed by atoms with Gasteiger partial charge in [-0.05, 0) is 24.5 Å². The predicted molar refractivity (Wildman–Crippen MR) is 78.0 cm³/mol. The van der Waals surface area contributed by atoms with Crippen molar-refractivity contribution < 1.29 is 19.4 Å². The molecule has 1 amide bonds. The highest BCUT2D eigenvalue weighted by Gasteiger charge is 2.25. The van der Waals surface area contributed by atoms with Crippen LogP contribution in [0.4, 0.5) is 0 Å². The predicted octanol–water partition coefficient (Wildman–Crippen LogP) is 2.01. The summed E-state index contributed by atoms with van der Waals surface area (Å²) in [6.07, 6.45) is 0.894. The first-order valence-electron chi connectivity index (χ1n) is 7.30. The first kappa shape index (κ1) is 15.5. The third-order valence-electron chi connectivity index (χ3n) is 3.78. The molecule has 1 atom stereocenters. The van der Waals surface area contributed by atoms with Gasteiger partial charge in [-0.2, -0.15) is 0 Å². The molecular formula is C16H21NO4. The van der Waals surface area contributed by atoms with Crippen LogP contribution >= 0.6 is 0 Å². The summed E-state index contributed by atoms with van der Waals surface area (Å²) in [4.78, 5) is 24.5. The number of rotatable bonds is 6. The molecule has 1 aliphatic heterocycles. The first-order valence-corrected chi connectivity index (χ1v) is 7.30. The molecule has 0 radical (unpaired) electrons. The Balaban J connectivity index is 2.01. The van der Waals surface area contributed by atoms with Crippen molar-refractivity contribution in [3.63, 3.8) is 0 Å². The SMILES string of the molecule is CCN(CCC(=O)O)C(=O)CC1OCCc2ccccc21. The van der Waals surface area contributed by atoms with E-state index < -0.39 is 5.97 Å². The van der Waals surface area contributed by atoms with E-state index in [9.17, 15) is 9.59 Å². The molecule has 0 aromatic heterocycles. The van der Waals surface area contributed by atoms with Gasteiger partial charge in [0.05, 0.1) is 25.6 Å². The number of aliphatic carboxylic acids is 1. The molecule has 1 heterocycles. The molecule has 0 bridgehead atoms. The maximum atomic E-state index is 12.3. The normalized spacial score (nSPS) is 17.1. The highest BCUT2D eigenvalue weighted by Crippen LogP contribution is 2.29. The van der Waals surface area contributed by atoms with Crippen LogP contribution in [-0.4, -0.2) is 41.6 Å². The summed E-state index contributed by atoms with van der Waals surface area (Å²) in [6.45, 7) is 3.24. The lowest BCUT2D eigenvalue weighted by molar-refractivity contribution is -0.139. The summed E-state index contributed by atoms with van der Waals surface area (Å²) in [6, 6.07) is 8.01. The number of nitrogens with zero attached hydrogens (tertiary/aromatic N) is 1. The number of carbonyl (C=O) groups excluding carboxylic acids is 1. The fraction of sp³-hybridized carbons (Fsp3) is 0.500. The van der Waals surface area contributed by atoms with Crippen molar-refractivity contribution in [2.75, 3.05) is 19.7 Å². The molecule has 1 aromatic carbocycles. The lowest BCUT2D eigenvalue weighted by Crippen LogP contribution is -2.34. The molecule has 2 rings (SSSR count). The van der Waals surface area contributed by atoms with Crippen molar-refractivity contribution in [1.82, 2.24) is 4.90 Å². The van der Waals surface area contributed by atoms with Crippen LogP contribution in [0, 0.1) is 0 Å². The van der Waals surface area contributed by atoms with Crippen molar-refractivity contribution in [2.45, 2.75) is 32.3 Å². The maximum absolute atomic E-state index is 12.3. The smallest absolute Gasteiger partial charge is 0.305 e. The van der Waals surface area contributed by atoms with Crippen molar-refractivity contribution in [3.8, 4) is 0 Å². The summed E-state index contributed by atoms with van der Waals surface area (Å²) < 4.78 is 5.73. The van der Waals surface area contributed by atoms with Crippen molar-refractivity contribution in [1.29, 1.82) is 0 Å². The summed E-state index contributed by atoms with van der Waals surface area (Å²) in [5.41, 5.74) is 2.31. The molecular weight excluding hydrogens is 270 g/mol. The Kier molecular flexibility index (Phi) is 5.33. The number of hydrogen-bond acceptors (Lipinski definition) is 3. The molecule has 21 heavy (non-hydrogen) atoms. The number of hydrogen-bond donors (Lipinski definition) is 1. The third kappa shape index (κ3) is 4.04. The van der Waals surface area contributed by atoms with Crippen LogP contribution in [0.3, 0.4) is 0 Å². The minimum Gasteiger partial charge on any atom is -0.481 e. The minimum atomic E-state index is -0.888. The van der Waals surface area contributed by atoms with E-state index in [1.807, 2.05) is 25.1 Å². The summed E-state index contributed by atoms with van der Waals surface area (Å²) in [7, 11) is 0. The van der Waals surface area contributed by atoms with Crippen LogP contribution < -0.4 is 0 Å². The third-order valence-corrected chi connectivity index (χ3v) is 3.78. The molecule has 5 heteroatoms. The number of carbonyl (C=O) groups is 2. The minimum absolute atomic E-state index is 0.0261. The Labute approximate surface area is 124 Å². The number of fused-ring (bicyclic) bond motifs is 1. The first-order chi connectivity index (χ1) is 10.1. The van der Waals surface area contributed by atoms with Gasteiger partial charge in [-0.15, -0.1) is 0 Å².